The Kier molecular flexibility index (Phi) is 5.88. The number of imidazole rings is 1. The van der Waals surface area contributed by atoms with Gasteiger partial charge in [-0.15, -0.1) is 0 Å². The highest BCUT2D eigenvalue weighted by molar-refractivity contribution is 5.72. The maximum atomic E-state index is 13.6. The molecule has 5 rings (SSSR count). The minimum absolute atomic E-state index is 0.0437. The Balaban J connectivity index is 1.57. The molecule has 1 spiro atoms. The standard InChI is InChI=1S/C25H23F4N3O3/c1-34-19-6-7-20(32-11-10-30-23(32)25(27,28)29)31-22(19)17-12-24(35-14-17)9-8-16(13-33)21(24)15-2-4-18(26)5-3-15/h2-7,10-12,16,21,33H,8-9,13-14H2,1H3/t16-,21-,24-/m1/s1. The van der Waals surface area contributed by atoms with Crippen molar-refractivity contribution in [2.45, 2.75) is 30.5 Å². The van der Waals surface area contributed by atoms with Crippen LogP contribution in [0.1, 0.15) is 35.8 Å². The molecule has 1 aliphatic heterocycles. The third-order valence-electron chi connectivity index (χ3n) is 6.79. The van der Waals surface area contributed by atoms with Gasteiger partial charge in [-0.3, -0.25) is 4.57 Å². The van der Waals surface area contributed by atoms with E-state index in [4.69, 9.17) is 9.47 Å². The highest BCUT2D eigenvalue weighted by Crippen LogP contribution is 2.53. The summed E-state index contributed by atoms with van der Waals surface area (Å²) in [7, 11) is 1.46. The lowest BCUT2D eigenvalue weighted by atomic mass is 9.80. The van der Waals surface area contributed by atoms with Gasteiger partial charge in [0.1, 0.15) is 23.1 Å². The predicted molar refractivity (Wildman–Crippen MR) is 119 cm³/mol. The fourth-order valence-electron chi connectivity index (χ4n) is 5.27. The zero-order valence-corrected chi connectivity index (χ0v) is 18.8. The number of alkyl halides is 3. The first-order chi connectivity index (χ1) is 16.8. The molecular formula is C25H23F4N3O3. The molecule has 0 unspecified atom stereocenters. The number of nitrogens with zero attached hydrogens (tertiary/aromatic N) is 3. The summed E-state index contributed by atoms with van der Waals surface area (Å²) in [5.74, 6) is -1.30. The van der Waals surface area contributed by atoms with Gasteiger partial charge in [-0.25, -0.2) is 14.4 Å². The Hall–Kier alpha value is -3.24. The molecule has 1 saturated carbocycles. The first kappa shape index (κ1) is 23.5. The number of hydrogen-bond donors (Lipinski definition) is 1. The van der Waals surface area contributed by atoms with Crippen molar-refractivity contribution in [2.75, 3.05) is 20.3 Å². The molecule has 3 atom stereocenters. The Morgan fingerprint density at radius 3 is 2.66 bits per heavy atom. The molecule has 10 heteroatoms. The summed E-state index contributed by atoms with van der Waals surface area (Å²) in [6.45, 7) is 0.118. The molecule has 2 aromatic heterocycles. The molecule has 6 nitrogen and oxygen atoms in total. The lowest BCUT2D eigenvalue weighted by molar-refractivity contribution is -0.146. The molecule has 0 saturated heterocycles. The van der Waals surface area contributed by atoms with Crippen molar-refractivity contribution in [3.8, 4) is 11.6 Å². The molecule has 1 aromatic carbocycles. The van der Waals surface area contributed by atoms with E-state index in [2.05, 4.69) is 9.97 Å². The fourth-order valence-corrected chi connectivity index (χ4v) is 5.27. The molecule has 2 aliphatic rings. The van der Waals surface area contributed by atoms with Crippen LogP contribution >= 0.6 is 0 Å². The van der Waals surface area contributed by atoms with Gasteiger partial charge in [0.25, 0.3) is 0 Å². The number of rotatable bonds is 5. The van der Waals surface area contributed by atoms with Crippen LogP contribution in [-0.2, 0) is 10.9 Å². The van der Waals surface area contributed by atoms with Gasteiger partial charge in [-0.05, 0) is 54.7 Å². The van der Waals surface area contributed by atoms with Gasteiger partial charge in [-0.2, -0.15) is 13.2 Å². The number of aromatic nitrogens is 3. The Bertz CT molecular complexity index is 1260. The number of halogens is 4. The lowest BCUT2D eigenvalue weighted by Crippen LogP contribution is -2.33. The molecule has 184 valence electrons. The van der Waals surface area contributed by atoms with E-state index >= 15 is 0 Å². The topological polar surface area (TPSA) is 69.4 Å². The average molecular weight is 489 g/mol. The van der Waals surface area contributed by atoms with Crippen molar-refractivity contribution in [3.63, 3.8) is 0 Å². The summed E-state index contributed by atoms with van der Waals surface area (Å²) in [4.78, 5) is 7.93. The predicted octanol–water partition coefficient (Wildman–Crippen LogP) is 4.77. The summed E-state index contributed by atoms with van der Waals surface area (Å²) in [6.07, 6.45) is 0.904. The molecule has 0 amide bonds. The Morgan fingerprint density at radius 2 is 1.97 bits per heavy atom. The van der Waals surface area contributed by atoms with Crippen molar-refractivity contribution in [2.24, 2.45) is 5.92 Å². The Labute approximate surface area is 198 Å². The average Bonchev–Trinajstić information content (AvgIpc) is 3.58. The van der Waals surface area contributed by atoms with Crippen LogP contribution in [0.4, 0.5) is 17.6 Å². The number of methoxy groups -OCH3 is 1. The van der Waals surface area contributed by atoms with E-state index < -0.39 is 17.6 Å². The van der Waals surface area contributed by atoms with Crippen LogP contribution in [0, 0.1) is 11.7 Å². The molecule has 3 heterocycles. The second-order valence-corrected chi connectivity index (χ2v) is 8.76. The summed E-state index contributed by atoms with van der Waals surface area (Å²) in [6, 6.07) is 9.15. The molecule has 1 fully saturated rings. The van der Waals surface area contributed by atoms with Crippen LogP contribution in [0.15, 0.2) is 54.9 Å². The van der Waals surface area contributed by atoms with Gasteiger partial charge in [0.2, 0.25) is 5.82 Å². The van der Waals surface area contributed by atoms with E-state index in [1.165, 1.54) is 31.5 Å². The monoisotopic (exact) mass is 489 g/mol. The normalized spacial score (nSPS) is 24.2. The molecule has 0 radical (unpaired) electrons. The van der Waals surface area contributed by atoms with Crippen LogP contribution in [0.3, 0.4) is 0 Å². The van der Waals surface area contributed by atoms with Gasteiger partial charge in [0.05, 0.1) is 19.3 Å². The molecular weight excluding hydrogens is 466 g/mol. The van der Waals surface area contributed by atoms with Crippen molar-refractivity contribution in [1.82, 2.24) is 14.5 Å². The highest BCUT2D eigenvalue weighted by Gasteiger charge is 2.51. The summed E-state index contributed by atoms with van der Waals surface area (Å²) in [5, 5.41) is 10.0. The van der Waals surface area contributed by atoms with E-state index in [1.54, 1.807) is 18.2 Å². The van der Waals surface area contributed by atoms with Crippen LogP contribution in [-0.4, -0.2) is 45.6 Å². The van der Waals surface area contributed by atoms with Crippen LogP contribution in [0.5, 0.6) is 5.75 Å². The second kappa shape index (κ2) is 8.76. The molecule has 1 aliphatic carbocycles. The lowest BCUT2D eigenvalue weighted by Gasteiger charge is -2.32. The molecule has 0 bridgehead atoms. The summed E-state index contributed by atoms with van der Waals surface area (Å²) < 4.78 is 66.4. The van der Waals surface area contributed by atoms with E-state index in [9.17, 15) is 22.7 Å². The van der Waals surface area contributed by atoms with Crippen LogP contribution in [0.25, 0.3) is 11.4 Å². The first-order valence-corrected chi connectivity index (χ1v) is 11.1. The maximum Gasteiger partial charge on any atom is 0.450 e. The van der Waals surface area contributed by atoms with Crippen molar-refractivity contribution in [1.29, 1.82) is 0 Å². The van der Waals surface area contributed by atoms with Crippen LogP contribution in [0.2, 0.25) is 0 Å². The van der Waals surface area contributed by atoms with Crippen molar-refractivity contribution < 1.29 is 32.1 Å². The largest absolute Gasteiger partial charge is 0.494 e. The van der Waals surface area contributed by atoms with Gasteiger partial charge in [0.15, 0.2) is 0 Å². The van der Waals surface area contributed by atoms with E-state index in [0.717, 1.165) is 16.3 Å². The number of ether oxygens (including phenoxy) is 2. The zero-order valence-electron chi connectivity index (χ0n) is 18.8. The smallest absolute Gasteiger partial charge is 0.450 e. The number of aliphatic hydroxyl groups is 1. The first-order valence-electron chi connectivity index (χ1n) is 11.1. The quantitative estimate of drug-likeness (QED) is 0.523. The third kappa shape index (κ3) is 4.10. The van der Waals surface area contributed by atoms with Gasteiger partial charge in [-0.1, -0.05) is 12.1 Å². The van der Waals surface area contributed by atoms with E-state index in [1.807, 2.05) is 6.08 Å². The Morgan fingerprint density at radius 1 is 1.20 bits per heavy atom. The number of aliphatic hydroxyl groups excluding tert-OH is 1. The fraction of sp³-hybridized carbons (Fsp3) is 0.360. The summed E-state index contributed by atoms with van der Waals surface area (Å²) in [5.41, 5.74) is 1.13. The third-order valence-corrected chi connectivity index (χ3v) is 6.79. The number of pyridine rings is 1. The van der Waals surface area contributed by atoms with Gasteiger partial charge >= 0.3 is 6.18 Å². The summed E-state index contributed by atoms with van der Waals surface area (Å²) >= 11 is 0. The minimum atomic E-state index is -4.64. The second-order valence-electron chi connectivity index (χ2n) is 8.76. The van der Waals surface area contributed by atoms with Gasteiger partial charge in [0, 0.05) is 30.5 Å². The maximum absolute atomic E-state index is 13.6. The van der Waals surface area contributed by atoms with Crippen molar-refractivity contribution >= 4 is 5.57 Å². The van der Waals surface area contributed by atoms with E-state index in [-0.39, 0.29) is 36.7 Å². The molecule has 35 heavy (non-hydrogen) atoms. The molecule has 1 N–H and O–H groups in total. The van der Waals surface area contributed by atoms with E-state index in [0.29, 0.717) is 29.9 Å². The SMILES string of the molecule is COc1ccc(-n2ccnc2C(F)(F)F)nc1C1=C[C@@]2(CC[C@H](CO)[C@H]2c2ccc(F)cc2)OC1. The zero-order chi connectivity index (χ0) is 24.8. The number of benzene rings is 1. The number of hydrogen-bond acceptors (Lipinski definition) is 5. The minimum Gasteiger partial charge on any atom is -0.494 e. The van der Waals surface area contributed by atoms with Crippen molar-refractivity contribution in [3.05, 3.63) is 77.8 Å². The molecule has 3 aromatic rings. The highest BCUT2D eigenvalue weighted by atomic mass is 19.4. The van der Waals surface area contributed by atoms with Crippen LogP contribution < -0.4 is 4.74 Å². The van der Waals surface area contributed by atoms with Gasteiger partial charge < -0.3 is 14.6 Å².